The predicted octanol–water partition coefficient (Wildman–Crippen LogP) is 7.53. The van der Waals surface area contributed by atoms with Crippen molar-refractivity contribution >= 4 is 17.7 Å². The van der Waals surface area contributed by atoms with Crippen LogP contribution in [0.1, 0.15) is 38.2 Å². The predicted molar refractivity (Wildman–Crippen MR) is 151 cm³/mol. The first-order valence-corrected chi connectivity index (χ1v) is 12.6. The number of hydrogen-bond acceptors (Lipinski definition) is 4. The molecule has 5 aromatic rings. The average Bonchev–Trinajstić information content (AvgIpc) is 2.99. The van der Waals surface area contributed by atoms with Crippen molar-refractivity contribution in [3.05, 3.63) is 155 Å². The van der Waals surface area contributed by atoms with E-state index in [1.807, 2.05) is 0 Å². The van der Waals surface area contributed by atoms with E-state index in [9.17, 15) is 4.79 Å². The Bertz CT molecular complexity index is 1560. The van der Waals surface area contributed by atoms with Crippen LogP contribution in [0.4, 0.5) is 11.4 Å². The number of hydrogen-bond donors (Lipinski definition) is 1. The van der Waals surface area contributed by atoms with Gasteiger partial charge in [-0.2, -0.15) is 0 Å². The minimum atomic E-state index is -0.475. The quantitative estimate of drug-likeness (QED) is 0.232. The molecule has 0 aromatic heterocycles. The second-order valence-corrected chi connectivity index (χ2v) is 9.34. The minimum Gasteiger partial charge on any atom is -0.496 e. The summed E-state index contributed by atoms with van der Waals surface area (Å²) in [6.45, 7) is 0.379. The SMILES string of the molecule is COc1cc(OCc2ccc3c(c2)Nc2ccccc2C3(c2ccccc2)c2ccccc2)ccc1C=O. The molecule has 38 heavy (non-hydrogen) atoms. The first-order chi connectivity index (χ1) is 18.7. The van der Waals surface area contributed by atoms with Gasteiger partial charge in [0.25, 0.3) is 0 Å². The van der Waals surface area contributed by atoms with Gasteiger partial charge in [0, 0.05) is 17.4 Å². The van der Waals surface area contributed by atoms with Crippen molar-refractivity contribution in [2.45, 2.75) is 12.0 Å². The van der Waals surface area contributed by atoms with Gasteiger partial charge in [-0.05, 0) is 52.1 Å². The van der Waals surface area contributed by atoms with Gasteiger partial charge in [0.2, 0.25) is 0 Å². The van der Waals surface area contributed by atoms with Gasteiger partial charge in [0.1, 0.15) is 18.1 Å². The van der Waals surface area contributed by atoms with Gasteiger partial charge in [-0.1, -0.05) is 91.0 Å². The molecular weight excluding hydrogens is 470 g/mol. The Labute approximate surface area is 222 Å². The maximum atomic E-state index is 11.2. The van der Waals surface area contributed by atoms with Gasteiger partial charge in [0.15, 0.2) is 6.29 Å². The summed E-state index contributed by atoms with van der Waals surface area (Å²) in [6, 6.07) is 41.7. The van der Waals surface area contributed by atoms with Crippen LogP contribution < -0.4 is 14.8 Å². The first-order valence-electron chi connectivity index (χ1n) is 12.6. The van der Waals surface area contributed by atoms with Crippen LogP contribution in [0.5, 0.6) is 11.5 Å². The van der Waals surface area contributed by atoms with Gasteiger partial charge in [-0.15, -0.1) is 0 Å². The van der Waals surface area contributed by atoms with E-state index in [1.54, 1.807) is 25.3 Å². The minimum absolute atomic E-state index is 0.379. The van der Waals surface area contributed by atoms with E-state index < -0.39 is 5.41 Å². The second-order valence-electron chi connectivity index (χ2n) is 9.34. The Morgan fingerprint density at radius 2 is 1.37 bits per heavy atom. The molecular formula is C34H27NO3. The molecule has 0 bridgehead atoms. The van der Waals surface area contributed by atoms with Crippen LogP contribution in [-0.2, 0) is 12.0 Å². The third-order valence-corrected chi connectivity index (χ3v) is 7.24. The van der Waals surface area contributed by atoms with Crippen molar-refractivity contribution in [2.75, 3.05) is 12.4 Å². The Morgan fingerprint density at radius 1 is 0.711 bits per heavy atom. The molecule has 0 fully saturated rings. The first kappa shape index (κ1) is 23.6. The maximum absolute atomic E-state index is 11.2. The molecule has 0 amide bonds. The summed E-state index contributed by atoms with van der Waals surface area (Å²) in [6.07, 6.45) is 0.779. The number of fused-ring (bicyclic) bond motifs is 2. The summed E-state index contributed by atoms with van der Waals surface area (Å²) >= 11 is 0. The fraction of sp³-hybridized carbons (Fsp3) is 0.0882. The molecule has 4 nitrogen and oxygen atoms in total. The van der Waals surface area contributed by atoms with E-state index >= 15 is 0 Å². The molecule has 6 rings (SSSR count). The summed E-state index contributed by atoms with van der Waals surface area (Å²) < 4.78 is 11.4. The van der Waals surface area contributed by atoms with Crippen molar-refractivity contribution in [2.24, 2.45) is 0 Å². The summed E-state index contributed by atoms with van der Waals surface area (Å²) in [5, 5.41) is 3.69. The molecule has 0 radical (unpaired) electrons. The lowest BCUT2D eigenvalue weighted by atomic mass is 9.63. The molecule has 5 aromatic carbocycles. The smallest absolute Gasteiger partial charge is 0.153 e. The molecule has 1 heterocycles. The molecule has 0 saturated carbocycles. The molecule has 0 saturated heterocycles. The lowest BCUT2D eigenvalue weighted by Crippen LogP contribution is -2.35. The monoisotopic (exact) mass is 497 g/mol. The summed E-state index contributed by atoms with van der Waals surface area (Å²) in [5.74, 6) is 1.14. The maximum Gasteiger partial charge on any atom is 0.153 e. The molecule has 1 aliphatic heterocycles. The van der Waals surface area contributed by atoms with Gasteiger partial charge >= 0.3 is 0 Å². The van der Waals surface area contributed by atoms with Crippen molar-refractivity contribution in [1.82, 2.24) is 0 Å². The van der Waals surface area contributed by atoms with E-state index in [0.29, 0.717) is 23.7 Å². The summed E-state index contributed by atoms with van der Waals surface area (Å²) in [5.41, 5.74) is 8.02. The molecule has 186 valence electrons. The lowest BCUT2D eigenvalue weighted by molar-refractivity contribution is 0.112. The highest BCUT2D eigenvalue weighted by atomic mass is 16.5. The molecule has 0 atom stereocenters. The van der Waals surface area contributed by atoms with Crippen LogP contribution in [-0.4, -0.2) is 13.4 Å². The van der Waals surface area contributed by atoms with Crippen LogP contribution in [0, 0.1) is 0 Å². The van der Waals surface area contributed by atoms with Gasteiger partial charge < -0.3 is 14.8 Å². The fourth-order valence-electron chi connectivity index (χ4n) is 5.53. The van der Waals surface area contributed by atoms with E-state index in [4.69, 9.17) is 9.47 Å². The number of anilines is 2. The number of methoxy groups -OCH3 is 1. The molecule has 4 heteroatoms. The normalized spacial score (nSPS) is 13.0. The number of nitrogens with one attached hydrogen (secondary N) is 1. The molecule has 1 aliphatic rings. The molecule has 0 unspecified atom stereocenters. The van der Waals surface area contributed by atoms with Gasteiger partial charge in [0.05, 0.1) is 18.1 Å². The third kappa shape index (κ3) is 3.91. The zero-order valence-corrected chi connectivity index (χ0v) is 21.1. The van der Waals surface area contributed by atoms with Crippen LogP contribution in [0.3, 0.4) is 0 Å². The van der Waals surface area contributed by atoms with Gasteiger partial charge in [-0.25, -0.2) is 0 Å². The molecule has 1 N–H and O–H groups in total. The standard InChI is InChI=1S/C34H27NO3/c1-37-33-21-28(18-17-25(33)22-36)38-23-24-16-19-30-32(20-24)35-31-15-9-8-14-29(31)34(30,26-10-4-2-5-11-26)27-12-6-3-7-13-27/h2-22,35H,23H2,1H3. The van der Waals surface area contributed by atoms with Crippen LogP contribution in [0.15, 0.2) is 121 Å². The second kappa shape index (κ2) is 9.91. The highest BCUT2D eigenvalue weighted by molar-refractivity contribution is 5.82. The third-order valence-electron chi connectivity index (χ3n) is 7.24. The lowest BCUT2D eigenvalue weighted by Gasteiger charge is -2.42. The molecule has 0 aliphatic carbocycles. The van der Waals surface area contributed by atoms with Crippen molar-refractivity contribution in [1.29, 1.82) is 0 Å². The van der Waals surface area contributed by atoms with Crippen LogP contribution >= 0.6 is 0 Å². The van der Waals surface area contributed by atoms with E-state index in [1.165, 1.54) is 22.3 Å². The van der Waals surface area contributed by atoms with Gasteiger partial charge in [-0.3, -0.25) is 4.79 Å². The number of carbonyl (C=O) groups excluding carboxylic acids is 1. The van der Waals surface area contributed by atoms with E-state index in [2.05, 4.69) is 108 Å². The topological polar surface area (TPSA) is 47.6 Å². The number of aldehydes is 1. The van der Waals surface area contributed by atoms with Crippen molar-refractivity contribution < 1.29 is 14.3 Å². The Kier molecular flexibility index (Phi) is 6.14. The Hall–Kier alpha value is -4.83. The number of para-hydroxylation sites is 1. The van der Waals surface area contributed by atoms with Crippen molar-refractivity contribution in [3.63, 3.8) is 0 Å². The highest BCUT2D eigenvalue weighted by Crippen LogP contribution is 2.53. The summed E-state index contributed by atoms with van der Waals surface area (Å²) in [4.78, 5) is 11.2. The van der Waals surface area contributed by atoms with Crippen LogP contribution in [0.2, 0.25) is 0 Å². The number of rotatable bonds is 7. The Balaban J connectivity index is 1.45. The number of ether oxygens (including phenoxy) is 2. The average molecular weight is 498 g/mol. The Morgan fingerprint density at radius 3 is 2.05 bits per heavy atom. The zero-order chi connectivity index (χ0) is 26.0. The number of carbonyl (C=O) groups is 1. The van der Waals surface area contributed by atoms with E-state index in [0.717, 1.165) is 23.2 Å². The van der Waals surface area contributed by atoms with Crippen LogP contribution in [0.25, 0.3) is 0 Å². The van der Waals surface area contributed by atoms with E-state index in [-0.39, 0.29) is 0 Å². The fourth-order valence-corrected chi connectivity index (χ4v) is 5.53. The zero-order valence-electron chi connectivity index (χ0n) is 21.1. The summed E-state index contributed by atoms with van der Waals surface area (Å²) in [7, 11) is 1.55. The number of benzene rings is 5. The van der Waals surface area contributed by atoms with Crippen molar-refractivity contribution in [3.8, 4) is 11.5 Å². The largest absolute Gasteiger partial charge is 0.496 e. The molecule has 0 spiro atoms. The highest BCUT2D eigenvalue weighted by Gasteiger charge is 2.43.